The van der Waals surface area contributed by atoms with Crippen molar-refractivity contribution >= 4 is 0 Å². The summed E-state index contributed by atoms with van der Waals surface area (Å²) in [6, 6.07) is 17.2. The van der Waals surface area contributed by atoms with Crippen LogP contribution in [0.25, 0.3) is 0 Å². The molecule has 304 valence electrons. The topological polar surface area (TPSA) is 131 Å². The Bertz CT molecular complexity index is 1750. The molecule has 4 aromatic rings. The summed E-state index contributed by atoms with van der Waals surface area (Å²) in [5.74, 6) is 0.580. The Balaban J connectivity index is 1.07. The second-order valence-corrected chi connectivity index (χ2v) is 15.3. The lowest BCUT2D eigenvalue weighted by molar-refractivity contribution is 0.0224. The predicted octanol–water partition coefficient (Wildman–Crippen LogP) is 4.10. The van der Waals surface area contributed by atoms with Gasteiger partial charge in [-0.05, 0) is 103 Å². The van der Waals surface area contributed by atoms with E-state index in [9.17, 15) is 10.2 Å². The molecule has 8 atom stereocenters. The normalized spacial score (nSPS) is 24.9. The van der Waals surface area contributed by atoms with Crippen molar-refractivity contribution in [1.82, 2.24) is 19.1 Å². The van der Waals surface area contributed by atoms with E-state index in [0.717, 1.165) is 37.9 Å². The predicted molar refractivity (Wildman–Crippen MR) is 211 cm³/mol. The van der Waals surface area contributed by atoms with Crippen LogP contribution in [0.5, 0.6) is 0 Å². The summed E-state index contributed by atoms with van der Waals surface area (Å²) in [6.07, 6.45) is 9.94. The molecular weight excluding hydrogens is 713 g/mol. The van der Waals surface area contributed by atoms with Gasteiger partial charge in [-0.15, -0.1) is 0 Å². The van der Waals surface area contributed by atoms with Gasteiger partial charge in [0.1, 0.15) is 0 Å². The zero-order valence-corrected chi connectivity index (χ0v) is 33.0. The molecule has 3 fully saturated rings. The molecule has 12 heteroatoms. The molecule has 0 radical (unpaired) electrons. The van der Waals surface area contributed by atoms with Crippen molar-refractivity contribution in [1.29, 1.82) is 0 Å². The minimum absolute atomic E-state index is 0.0315. The molecule has 0 bridgehead atoms. The zero-order valence-electron chi connectivity index (χ0n) is 33.0. The van der Waals surface area contributed by atoms with E-state index >= 15 is 0 Å². The summed E-state index contributed by atoms with van der Waals surface area (Å²) in [4.78, 5) is 8.37. The van der Waals surface area contributed by atoms with Crippen LogP contribution in [0.1, 0.15) is 45.7 Å². The Kier molecular flexibility index (Phi) is 14.8. The Morgan fingerprint density at radius 3 is 1.38 bits per heavy atom. The summed E-state index contributed by atoms with van der Waals surface area (Å²) < 4.78 is 38.2. The van der Waals surface area contributed by atoms with Gasteiger partial charge in [-0.1, -0.05) is 0 Å². The van der Waals surface area contributed by atoms with Gasteiger partial charge in [0.2, 0.25) is 0 Å². The van der Waals surface area contributed by atoms with E-state index in [1.807, 2.05) is 24.8 Å². The standard InChI is InChI=1S/C44H60N4O8/c1-51-23-25-55-29-27-53-21-19-47-33(5-3-31-11-15-45-16-12-31)7-9-35(47)37-39-40(37)43(49)38(41-42(39)44(41)50)36-10-8-34(6-4-32-13-17-46-18-14-32)48(36)20-22-54-28-30-56-26-24-52-2/h7-18,37-44,49-50H,3-6,19-30H2,1-2H3/t37?,38-,39?,40?,41?,42?,43?,44?/m0/s1. The molecule has 56 heavy (non-hydrogen) atoms. The molecule has 0 aromatic carbocycles. The molecule has 2 N–H and O–H groups in total. The van der Waals surface area contributed by atoms with Crippen molar-refractivity contribution < 1.29 is 38.6 Å². The fourth-order valence-electron chi connectivity index (χ4n) is 9.31. The second-order valence-electron chi connectivity index (χ2n) is 15.3. The number of aliphatic hydroxyl groups is 2. The Labute approximate surface area is 331 Å². The van der Waals surface area contributed by atoms with E-state index < -0.39 is 12.2 Å². The highest BCUT2D eigenvalue weighted by Crippen LogP contribution is 2.75. The second kappa shape index (κ2) is 20.3. The van der Waals surface area contributed by atoms with Crippen LogP contribution in [0.15, 0.2) is 73.3 Å². The van der Waals surface area contributed by atoms with E-state index in [0.29, 0.717) is 72.6 Å². The number of rotatable bonds is 26. The van der Waals surface area contributed by atoms with Gasteiger partial charge >= 0.3 is 0 Å². The minimum Gasteiger partial charge on any atom is -0.392 e. The van der Waals surface area contributed by atoms with Gasteiger partial charge in [0.15, 0.2) is 0 Å². The molecule has 4 heterocycles. The van der Waals surface area contributed by atoms with Crippen LogP contribution >= 0.6 is 0 Å². The Hall–Kier alpha value is -3.46. The van der Waals surface area contributed by atoms with Gasteiger partial charge in [0, 0.05) is 92.6 Å². The van der Waals surface area contributed by atoms with Crippen molar-refractivity contribution in [3.63, 3.8) is 0 Å². The van der Waals surface area contributed by atoms with Crippen LogP contribution in [0.4, 0.5) is 0 Å². The van der Waals surface area contributed by atoms with Crippen LogP contribution in [-0.4, -0.2) is 122 Å². The Morgan fingerprint density at radius 1 is 0.464 bits per heavy atom. The van der Waals surface area contributed by atoms with Crippen LogP contribution in [0, 0.1) is 23.7 Å². The maximum atomic E-state index is 12.4. The third-order valence-electron chi connectivity index (χ3n) is 12.1. The highest BCUT2D eigenvalue weighted by Gasteiger charge is 2.75. The fraction of sp³-hybridized carbons (Fsp3) is 0.591. The number of aromatic nitrogens is 4. The third kappa shape index (κ3) is 9.79. The molecule has 7 unspecified atom stereocenters. The summed E-state index contributed by atoms with van der Waals surface area (Å²) in [6.45, 7) is 6.79. The van der Waals surface area contributed by atoms with Gasteiger partial charge < -0.3 is 47.8 Å². The Morgan fingerprint density at radius 2 is 0.893 bits per heavy atom. The van der Waals surface area contributed by atoms with Crippen molar-refractivity contribution in [2.45, 2.75) is 62.8 Å². The van der Waals surface area contributed by atoms with Gasteiger partial charge in [-0.3, -0.25) is 9.97 Å². The quantitative estimate of drug-likeness (QED) is 0.0901. The van der Waals surface area contributed by atoms with Crippen LogP contribution in [-0.2, 0) is 67.2 Å². The lowest BCUT2D eigenvalue weighted by Gasteiger charge is -2.29. The molecule has 0 saturated heterocycles. The number of aliphatic hydroxyl groups excluding tert-OH is 2. The number of hydrogen-bond acceptors (Lipinski definition) is 10. The average Bonchev–Trinajstić information content (AvgIpc) is 4.00. The summed E-state index contributed by atoms with van der Waals surface area (Å²) in [5.41, 5.74) is 7.31. The van der Waals surface area contributed by atoms with Gasteiger partial charge in [-0.25, -0.2) is 0 Å². The lowest BCUT2D eigenvalue weighted by atomic mass is 9.84. The maximum absolute atomic E-state index is 12.4. The maximum Gasteiger partial charge on any atom is 0.0701 e. The first-order valence-electron chi connectivity index (χ1n) is 20.4. The SMILES string of the molecule is COCCOCCOCCn1c(CCc2ccncc2)ccc1C1C2C1C(O)[C@@H](c1ccc(CCc3ccncc3)n1CCOCCOCCOC)C1C(O)C21. The average molecular weight is 773 g/mol. The molecule has 3 saturated carbocycles. The minimum atomic E-state index is -0.565. The van der Waals surface area contributed by atoms with Crippen LogP contribution in [0.3, 0.4) is 0 Å². The van der Waals surface area contributed by atoms with E-state index in [4.69, 9.17) is 28.4 Å². The first kappa shape index (κ1) is 40.7. The van der Waals surface area contributed by atoms with Crippen LogP contribution in [0.2, 0.25) is 0 Å². The summed E-state index contributed by atoms with van der Waals surface area (Å²) >= 11 is 0. The van der Waals surface area contributed by atoms with Crippen molar-refractivity contribution in [2.24, 2.45) is 23.7 Å². The number of ether oxygens (including phenoxy) is 6. The number of pyridine rings is 2. The van der Waals surface area contributed by atoms with Gasteiger partial charge in [0.25, 0.3) is 0 Å². The van der Waals surface area contributed by atoms with E-state index in [2.05, 4.69) is 67.6 Å². The van der Waals surface area contributed by atoms with Gasteiger partial charge in [-0.2, -0.15) is 0 Å². The number of hydrogen-bond donors (Lipinski definition) is 2. The molecule has 0 aliphatic heterocycles. The zero-order chi connectivity index (χ0) is 38.7. The highest BCUT2D eigenvalue weighted by atomic mass is 16.5. The van der Waals surface area contributed by atoms with E-state index in [1.54, 1.807) is 14.2 Å². The monoisotopic (exact) mass is 772 g/mol. The summed E-state index contributed by atoms with van der Waals surface area (Å²) in [7, 11) is 3.33. The highest BCUT2D eigenvalue weighted by molar-refractivity contribution is 5.39. The number of aryl methyl sites for hydroxylation is 4. The van der Waals surface area contributed by atoms with Crippen LogP contribution < -0.4 is 0 Å². The summed E-state index contributed by atoms with van der Waals surface area (Å²) in [5, 5.41) is 23.9. The van der Waals surface area contributed by atoms with E-state index in [-0.39, 0.29) is 35.5 Å². The molecule has 0 amide bonds. The first-order valence-corrected chi connectivity index (χ1v) is 20.4. The largest absolute Gasteiger partial charge is 0.392 e. The third-order valence-corrected chi connectivity index (χ3v) is 12.1. The molecule has 4 aromatic heterocycles. The molecular formula is C44H60N4O8. The van der Waals surface area contributed by atoms with Crippen molar-refractivity contribution in [2.75, 3.05) is 80.3 Å². The van der Waals surface area contributed by atoms with Crippen molar-refractivity contribution in [3.8, 4) is 0 Å². The smallest absolute Gasteiger partial charge is 0.0701 e. The number of fused-ring (bicyclic) bond motifs is 3. The molecule has 7 rings (SSSR count). The molecule has 3 aliphatic rings. The molecule has 12 nitrogen and oxygen atoms in total. The van der Waals surface area contributed by atoms with Crippen molar-refractivity contribution in [3.05, 3.63) is 107 Å². The number of nitrogens with zero attached hydrogens (tertiary/aromatic N) is 4. The number of methoxy groups -OCH3 is 2. The molecule has 3 aliphatic carbocycles. The van der Waals surface area contributed by atoms with E-state index in [1.165, 1.54) is 28.2 Å². The molecule has 0 spiro atoms. The first-order chi connectivity index (χ1) is 27.6. The fourth-order valence-corrected chi connectivity index (χ4v) is 9.31. The van der Waals surface area contributed by atoms with Gasteiger partial charge in [0.05, 0.1) is 78.3 Å². The lowest BCUT2D eigenvalue weighted by Crippen LogP contribution is -2.30.